The standard InChI is InChI=1S/C13H17F3N2O/c14-13(15,16)11-3-1-10(2-4-11)12(9-19)18-7-5-17-6-8-18/h1-4,12,17,19H,5-9H2. The van der Waals surface area contributed by atoms with Crippen LogP contribution in [0, 0.1) is 0 Å². The number of alkyl halides is 3. The van der Waals surface area contributed by atoms with Gasteiger partial charge in [0, 0.05) is 26.2 Å². The molecule has 1 atom stereocenters. The van der Waals surface area contributed by atoms with Crippen molar-refractivity contribution in [1.29, 1.82) is 0 Å². The molecule has 1 heterocycles. The summed E-state index contributed by atoms with van der Waals surface area (Å²) in [6.45, 7) is 3.14. The highest BCUT2D eigenvalue weighted by Crippen LogP contribution is 2.30. The van der Waals surface area contributed by atoms with Crippen molar-refractivity contribution in [2.24, 2.45) is 0 Å². The molecule has 6 heteroatoms. The summed E-state index contributed by atoms with van der Waals surface area (Å²) in [4.78, 5) is 2.08. The van der Waals surface area contributed by atoms with E-state index in [2.05, 4.69) is 10.2 Å². The molecule has 3 nitrogen and oxygen atoms in total. The van der Waals surface area contributed by atoms with Gasteiger partial charge in [-0.1, -0.05) is 12.1 Å². The molecular weight excluding hydrogens is 257 g/mol. The quantitative estimate of drug-likeness (QED) is 0.879. The SMILES string of the molecule is OCC(c1ccc(C(F)(F)F)cc1)N1CCNCC1. The molecule has 19 heavy (non-hydrogen) atoms. The Hall–Kier alpha value is -1.11. The molecule has 2 rings (SSSR count). The number of rotatable bonds is 3. The number of piperazine rings is 1. The van der Waals surface area contributed by atoms with Crippen molar-refractivity contribution < 1.29 is 18.3 Å². The third kappa shape index (κ3) is 3.46. The summed E-state index contributed by atoms with van der Waals surface area (Å²) >= 11 is 0. The van der Waals surface area contributed by atoms with E-state index < -0.39 is 11.7 Å². The molecule has 1 aromatic carbocycles. The second-order valence-electron chi connectivity index (χ2n) is 4.60. The van der Waals surface area contributed by atoms with Crippen molar-refractivity contribution in [3.63, 3.8) is 0 Å². The highest BCUT2D eigenvalue weighted by atomic mass is 19.4. The van der Waals surface area contributed by atoms with E-state index in [4.69, 9.17) is 0 Å². The summed E-state index contributed by atoms with van der Waals surface area (Å²) < 4.78 is 37.5. The van der Waals surface area contributed by atoms with Gasteiger partial charge in [-0.3, -0.25) is 4.90 Å². The fourth-order valence-electron chi connectivity index (χ4n) is 2.32. The first kappa shape index (κ1) is 14.3. The van der Waals surface area contributed by atoms with E-state index in [9.17, 15) is 18.3 Å². The van der Waals surface area contributed by atoms with Crippen LogP contribution in [0.1, 0.15) is 17.2 Å². The summed E-state index contributed by atoms with van der Waals surface area (Å²) in [7, 11) is 0. The van der Waals surface area contributed by atoms with Crippen LogP contribution in [0.25, 0.3) is 0 Å². The number of halogens is 3. The predicted molar refractivity (Wildman–Crippen MR) is 65.7 cm³/mol. The summed E-state index contributed by atoms with van der Waals surface area (Å²) in [5.41, 5.74) is 0.0608. The van der Waals surface area contributed by atoms with Gasteiger partial charge in [-0.2, -0.15) is 13.2 Å². The molecule has 1 saturated heterocycles. The van der Waals surface area contributed by atoms with Crippen LogP contribution < -0.4 is 5.32 Å². The number of benzene rings is 1. The van der Waals surface area contributed by atoms with Gasteiger partial charge in [-0.05, 0) is 17.7 Å². The lowest BCUT2D eigenvalue weighted by Crippen LogP contribution is -2.46. The van der Waals surface area contributed by atoms with Crippen molar-refractivity contribution in [2.45, 2.75) is 12.2 Å². The summed E-state index contributed by atoms with van der Waals surface area (Å²) in [6.07, 6.45) is -4.32. The normalized spacial score (nSPS) is 19.4. The van der Waals surface area contributed by atoms with Crippen LogP contribution in [-0.2, 0) is 6.18 Å². The van der Waals surface area contributed by atoms with Crippen LogP contribution >= 0.6 is 0 Å². The van der Waals surface area contributed by atoms with E-state index in [1.807, 2.05) is 0 Å². The third-order valence-electron chi connectivity index (χ3n) is 3.39. The zero-order valence-corrected chi connectivity index (χ0v) is 10.5. The molecule has 0 aliphatic carbocycles. The number of aliphatic hydroxyl groups excluding tert-OH is 1. The average molecular weight is 274 g/mol. The zero-order chi connectivity index (χ0) is 13.9. The fraction of sp³-hybridized carbons (Fsp3) is 0.538. The number of hydrogen-bond donors (Lipinski definition) is 2. The minimum Gasteiger partial charge on any atom is -0.394 e. The topological polar surface area (TPSA) is 35.5 Å². The van der Waals surface area contributed by atoms with Gasteiger partial charge in [-0.25, -0.2) is 0 Å². The Morgan fingerprint density at radius 1 is 1.16 bits per heavy atom. The van der Waals surface area contributed by atoms with Gasteiger partial charge in [0.2, 0.25) is 0 Å². The first-order valence-corrected chi connectivity index (χ1v) is 6.25. The van der Waals surface area contributed by atoms with Crippen LogP contribution in [0.2, 0.25) is 0 Å². The Kier molecular flexibility index (Phi) is 4.44. The Morgan fingerprint density at radius 3 is 2.21 bits per heavy atom. The molecule has 0 aromatic heterocycles. The predicted octanol–water partition coefficient (Wildman–Crippen LogP) is 1.64. The lowest BCUT2D eigenvalue weighted by Gasteiger charge is -2.34. The molecular formula is C13H17F3N2O. The molecule has 1 aliphatic heterocycles. The van der Waals surface area contributed by atoms with Crippen molar-refractivity contribution >= 4 is 0 Å². The number of nitrogens with one attached hydrogen (secondary N) is 1. The number of aliphatic hydroxyl groups is 1. The Morgan fingerprint density at radius 2 is 1.74 bits per heavy atom. The van der Waals surface area contributed by atoms with Gasteiger partial charge in [0.25, 0.3) is 0 Å². The highest BCUT2D eigenvalue weighted by Gasteiger charge is 2.30. The Bertz CT molecular complexity index is 399. The molecule has 0 saturated carbocycles. The van der Waals surface area contributed by atoms with E-state index in [1.54, 1.807) is 0 Å². The van der Waals surface area contributed by atoms with Crippen molar-refractivity contribution in [2.75, 3.05) is 32.8 Å². The van der Waals surface area contributed by atoms with E-state index in [-0.39, 0.29) is 12.6 Å². The molecule has 1 aliphatic rings. The van der Waals surface area contributed by atoms with E-state index in [1.165, 1.54) is 12.1 Å². The Labute approximate surface area is 110 Å². The van der Waals surface area contributed by atoms with Crippen LogP contribution in [0.15, 0.2) is 24.3 Å². The first-order valence-electron chi connectivity index (χ1n) is 6.25. The maximum atomic E-state index is 12.5. The molecule has 1 unspecified atom stereocenters. The van der Waals surface area contributed by atoms with Gasteiger partial charge < -0.3 is 10.4 Å². The van der Waals surface area contributed by atoms with E-state index >= 15 is 0 Å². The fourth-order valence-corrected chi connectivity index (χ4v) is 2.32. The van der Waals surface area contributed by atoms with Crippen molar-refractivity contribution in [3.05, 3.63) is 35.4 Å². The minimum atomic E-state index is -4.32. The van der Waals surface area contributed by atoms with E-state index in [0.29, 0.717) is 0 Å². The minimum absolute atomic E-state index is 0.0919. The molecule has 0 bridgehead atoms. The largest absolute Gasteiger partial charge is 0.416 e. The summed E-state index contributed by atoms with van der Waals surface area (Å²) in [6, 6.07) is 4.81. The van der Waals surface area contributed by atoms with Crippen LogP contribution in [-0.4, -0.2) is 42.8 Å². The lowest BCUT2D eigenvalue weighted by molar-refractivity contribution is -0.137. The highest BCUT2D eigenvalue weighted by molar-refractivity contribution is 5.27. The zero-order valence-electron chi connectivity index (χ0n) is 10.5. The molecule has 106 valence electrons. The molecule has 2 N–H and O–H groups in total. The molecule has 0 spiro atoms. The second-order valence-corrected chi connectivity index (χ2v) is 4.60. The first-order chi connectivity index (χ1) is 9.02. The lowest BCUT2D eigenvalue weighted by atomic mass is 10.0. The average Bonchev–Trinajstić information content (AvgIpc) is 2.40. The van der Waals surface area contributed by atoms with Gasteiger partial charge in [0.1, 0.15) is 0 Å². The molecule has 1 fully saturated rings. The smallest absolute Gasteiger partial charge is 0.394 e. The number of nitrogens with zero attached hydrogens (tertiary/aromatic N) is 1. The second kappa shape index (κ2) is 5.90. The van der Waals surface area contributed by atoms with Crippen molar-refractivity contribution in [1.82, 2.24) is 10.2 Å². The van der Waals surface area contributed by atoms with Crippen LogP contribution in [0.3, 0.4) is 0 Å². The van der Waals surface area contributed by atoms with Gasteiger partial charge >= 0.3 is 6.18 Å². The maximum Gasteiger partial charge on any atom is 0.416 e. The van der Waals surface area contributed by atoms with Gasteiger partial charge in [0.15, 0.2) is 0 Å². The van der Waals surface area contributed by atoms with Crippen molar-refractivity contribution in [3.8, 4) is 0 Å². The van der Waals surface area contributed by atoms with Gasteiger partial charge in [-0.15, -0.1) is 0 Å². The molecule has 0 amide bonds. The monoisotopic (exact) mass is 274 g/mol. The van der Waals surface area contributed by atoms with Gasteiger partial charge in [0.05, 0.1) is 18.2 Å². The van der Waals surface area contributed by atoms with E-state index in [0.717, 1.165) is 43.9 Å². The van der Waals surface area contributed by atoms with Crippen LogP contribution in [0.5, 0.6) is 0 Å². The van der Waals surface area contributed by atoms with Crippen LogP contribution in [0.4, 0.5) is 13.2 Å². The summed E-state index contributed by atoms with van der Waals surface area (Å²) in [5.74, 6) is 0. The number of hydrogen-bond acceptors (Lipinski definition) is 3. The molecule has 0 radical (unpaired) electrons. The third-order valence-corrected chi connectivity index (χ3v) is 3.39. The maximum absolute atomic E-state index is 12.5. The molecule has 1 aromatic rings. The Balaban J connectivity index is 2.14. The summed E-state index contributed by atoms with van der Waals surface area (Å²) in [5, 5.41) is 12.7.